The first kappa shape index (κ1) is 22.3. The Morgan fingerprint density at radius 2 is 1.56 bits per heavy atom. The normalized spacial score (nSPS) is 21.3. The molecule has 0 bridgehead atoms. The van der Waals surface area contributed by atoms with E-state index in [2.05, 4.69) is 40.2 Å². The molecule has 4 nitrogen and oxygen atoms in total. The van der Waals surface area contributed by atoms with Gasteiger partial charge in [0.25, 0.3) is 0 Å². The van der Waals surface area contributed by atoms with Gasteiger partial charge in [0, 0.05) is 27.2 Å². The topological polar surface area (TPSA) is 67.9 Å². The van der Waals surface area contributed by atoms with Gasteiger partial charge >= 0.3 is 0 Å². The zero-order valence-corrected chi connectivity index (χ0v) is 20.8. The molecule has 2 aliphatic rings. The van der Waals surface area contributed by atoms with Gasteiger partial charge in [0.1, 0.15) is 6.04 Å². The fourth-order valence-corrected chi connectivity index (χ4v) is 6.13. The number of carbonyl (C=O) groups excluding carboxylic acids is 1. The average molecular weight is 530 g/mol. The third-order valence-corrected chi connectivity index (χ3v) is 8.00. The number of anilines is 1. The maximum atomic E-state index is 14.3. The fourth-order valence-electron chi connectivity index (χ4n) is 5.86. The highest BCUT2D eigenvalue weighted by molar-refractivity contribution is 9.10. The first-order chi connectivity index (χ1) is 17.6. The molecule has 0 unspecified atom stereocenters. The predicted octanol–water partition coefficient (Wildman–Crippen LogP) is 6.89. The minimum atomic E-state index is -1.46. The van der Waals surface area contributed by atoms with Crippen molar-refractivity contribution in [2.75, 3.05) is 4.90 Å². The molecule has 1 fully saturated rings. The molecular weight excluding hydrogens is 510 g/mol. The van der Waals surface area contributed by atoms with Crippen molar-refractivity contribution in [1.82, 2.24) is 0 Å². The molecule has 2 aliphatic heterocycles. The molecule has 5 heteroatoms. The van der Waals surface area contributed by atoms with Crippen molar-refractivity contribution in [3.63, 3.8) is 0 Å². The Kier molecular flexibility index (Phi) is 5.25. The molecule has 36 heavy (non-hydrogen) atoms. The van der Waals surface area contributed by atoms with E-state index >= 15 is 0 Å². The molecule has 2 heterocycles. The summed E-state index contributed by atoms with van der Waals surface area (Å²) in [5, 5.41) is 23.3. The highest BCUT2D eigenvalue weighted by Gasteiger charge is 2.63. The van der Waals surface area contributed by atoms with Gasteiger partial charge in [0.2, 0.25) is 0 Å². The number of nitriles is 2. The second kappa shape index (κ2) is 8.48. The molecule has 4 aromatic rings. The third kappa shape index (κ3) is 3.14. The van der Waals surface area contributed by atoms with Gasteiger partial charge in [-0.3, -0.25) is 4.79 Å². The van der Waals surface area contributed by atoms with Crippen LogP contribution >= 0.6 is 15.9 Å². The van der Waals surface area contributed by atoms with E-state index in [4.69, 9.17) is 0 Å². The van der Waals surface area contributed by atoms with E-state index in [-0.39, 0.29) is 5.78 Å². The molecule has 0 aliphatic carbocycles. The van der Waals surface area contributed by atoms with Gasteiger partial charge in [-0.05, 0) is 34.5 Å². The van der Waals surface area contributed by atoms with Crippen molar-refractivity contribution in [3.8, 4) is 12.1 Å². The number of rotatable bonds is 3. The summed E-state index contributed by atoms with van der Waals surface area (Å²) < 4.78 is 0.893. The molecular formula is C31H20BrN3O. The summed E-state index contributed by atoms with van der Waals surface area (Å²) in [7, 11) is 0. The Labute approximate surface area is 217 Å². The lowest BCUT2D eigenvalue weighted by Gasteiger charge is -2.36. The Bertz CT molecular complexity index is 1600. The SMILES string of the molecule is N#CC1(C#N)[C@H](c2ccc(Br)cc2)[C@@H](C(=O)c2ccccc2)N2c3ccc4ccccc4c3C=C[C@@H]21. The van der Waals surface area contributed by atoms with Crippen molar-refractivity contribution in [2.45, 2.75) is 18.0 Å². The minimum absolute atomic E-state index is 0.102. The molecule has 0 radical (unpaired) electrons. The molecule has 0 spiro atoms. The standard InChI is InChI=1S/C31H20BrN3O/c32-23-13-10-21(11-14-23)28-29(30(36)22-7-2-1-3-8-22)35-26-16-12-20-6-4-5-9-24(20)25(26)15-17-27(35)31(28,18-33)19-34/h1-17,27-29H/t27-,28-,29+/m1/s1. The van der Waals surface area contributed by atoms with Crippen molar-refractivity contribution in [3.05, 3.63) is 118 Å². The van der Waals surface area contributed by atoms with E-state index in [0.29, 0.717) is 5.56 Å². The van der Waals surface area contributed by atoms with Gasteiger partial charge in [-0.25, -0.2) is 0 Å². The lowest BCUT2D eigenvalue weighted by Crippen LogP contribution is -2.44. The molecule has 4 aromatic carbocycles. The van der Waals surface area contributed by atoms with E-state index in [9.17, 15) is 15.3 Å². The van der Waals surface area contributed by atoms with Crippen LogP contribution in [0.2, 0.25) is 0 Å². The fraction of sp³-hybridized carbons (Fsp3) is 0.129. The predicted molar refractivity (Wildman–Crippen MR) is 144 cm³/mol. The summed E-state index contributed by atoms with van der Waals surface area (Å²) in [6.07, 6.45) is 3.95. The van der Waals surface area contributed by atoms with Gasteiger partial charge < -0.3 is 4.90 Å². The van der Waals surface area contributed by atoms with E-state index in [1.165, 1.54) is 0 Å². The van der Waals surface area contributed by atoms with Crippen LogP contribution in [0.3, 0.4) is 0 Å². The Morgan fingerprint density at radius 1 is 0.861 bits per heavy atom. The van der Waals surface area contributed by atoms with E-state index in [1.807, 2.05) is 83.8 Å². The molecule has 0 saturated carbocycles. The second-order valence-electron chi connectivity index (χ2n) is 9.23. The zero-order valence-electron chi connectivity index (χ0n) is 19.2. The van der Waals surface area contributed by atoms with Crippen LogP contribution in [0.15, 0.2) is 102 Å². The third-order valence-electron chi connectivity index (χ3n) is 7.47. The van der Waals surface area contributed by atoms with Gasteiger partial charge in [0.15, 0.2) is 11.2 Å². The average Bonchev–Trinajstić information content (AvgIpc) is 3.24. The second-order valence-corrected chi connectivity index (χ2v) is 10.1. The summed E-state index contributed by atoms with van der Waals surface area (Å²) in [4.78, 5) is 16.3. The van der Waals surface area contributed by atoms with Crippen LogP contribution in [-0.2, 0) is 0 Å². The number of benzene rings is 4. The Balaban J connectivity index is 1.64. The molecule has 0 amide bonds. The molecule has 0 aromatic heterocycles. The number of halogens is 1. The highest BCUT2D eigenvalue weighted by atomic mass is 79.9. The Morgan fingerprint density at radius 3 is 2.28 bits per heavy atom. The number of carbonyl (C=O) groups is 1. The van der Waals surface area contributed by atoms with Gasteiger partial charge in [-0.15, -0.1) is 0 Å². The summed E-state index contributed by atoms with van der Waals surface area (Å²) in [5.74, 6) is -0.754. The van der Waals surface area contributed by atoms with Crippen LogP contribution in [0.25, 0.3) is 16.8 Å². The number of ketones is 1. The van der Waals surface area contributed by atoms with E-state index < -0.39 is 23.4 Å². The number of Topliss-reactive ketones (excluding diaryl/α,β-unsaturated/α-hetero) is 1. The summed E-state index contributed by atoms with van der Waals surface area (Å²) in [5.41, 5.74) is 1.76. The maximum absolute atomic E-state index is 14.3. The van der Waals surface area contributed by atoms with Crippen LogP contribution < -0.4 is 4.90 Å². The molecule has 0 N–H and O–H groups in total. The summed E-state index contributed by atoms with van der Waals surface area (Å²) >= 11 is 3.48. The van der Waals surface area contributed by atoms with E-state index in [1.54, 1.807) is 12.1 Å². The van der Waals surface area contributed by atoms with E-state index in [0.717, 1.165) is 32.1 Å². The van der Waals surface area contributed by atoms with Gasteiger partial charge in [-0.1, -0.05) is 101 Å². The number of hydrogen-bond donors (Lipinski definition) is 0. The summed E-state index contributed by atoms with van der Waals surface area (Å²) in [6.45, 7) is 0. The van der Waals surface area contributed by atoms with Crippen LogP contribution in [0, 0.1) is 28.1 Å². The number of fused-ring (bicyclic) bond motifs is 5. The Hall–Kier alpha value is -4.19. The monoisotopic (exact) mass is 529 g/mol. The van der Waals surface area contributed by atoms with Crippen LogP contribution in [-0.4, -0.2) is 17.9 Å². The molecule has 6 rings (SSSR count). The van der Waals surface area contributed by atoms with Crippen molar-refractivity contribution >= 4 is 44.2 Å². The molecule has 172 valence electrons. The zero-order chi connectivity index (χ0) is 24.9. The smallest absolute Gasteiger partial charge is 0.185 e. The maximum Gasteiger partial charge on any atom is 0.185 e. The minimum Gasteiger partial charge on any atom is -0.351 e. The van der Waals surface area contributed by atoms with Crippen molar-refractivity contribution in [1.29, 1.82) is 10.5 Å². The summed E-state index contributed by atoms with van der Waals surface area (Å²) in [6, 6.07) is 32.4. The lowest BCUT2D eigenvalue weighted by atomic mass is 9.69. The van der Waals surface area contributed by atoms with Crippen LogP contribution in [0.1, 0.15) is 27.4 Å². The van der Waals surface area contributed by atoms with Crippen LogP contribution in [0.4, 0.5) is 5.69 Å². The van der Waals surface area contributed by atoms with Gasteiger partial charge in [-0.2, -0.15) is 10.5 Å². The number of hydrogen-bond acceptors (Lipinski definition) is 4. The van der Waals surface area contributed by atoms with Crippen molar-refractivity contribution < 1.29 is 4.79 Å². The first-order valence-corrected chi connectivity index (χ1v) is 12.5. The molecule has 1 saturated heterocycles. The van der Waals surface area contributed by atoms with Crippen molar-refractivity contribution in [2.24, 2.45) is 5.41 Å². The van der Waals surface area contributed by atoms with Gasteiger partial charge in [0.05, 0.1) is 18.2 Å². The van der Waals surface area contributed by atoms with Crippen LogP contribution in [0.5, 0.6) is 0 Å². The quantitative estimate of drug-likeness (QED) is 0.271. The number of nitrogens with zero attached hydrogens (tertiary/aromatic N) is 3. The lowest BCUT2D eigenvalue weighted by molar-refractivity contribution is 0.0951. The largest absolute Gasteiger partial charge is 0.351 e. The molecule has 3 atom stereocenters. The first-order valence-electron chi connectivity index (χ1n) is 11.7. The highest BCUT2D eigenvalue weighted by Crippen LogP contribution is 2.56.